The molecular formula is C17H23N3O3S. The first-order chi connectivity index (χ1) is 11.3. The number of Topliss-reactive ketones (excluding diaryl/α,β-unsaturated/α-hetero) is 1. The van der Waals surface area contributed by atoms with E-state index in [1.807, 2.05) is 19.9 Å². The molecule has 7 heteroatoms. The monoisotopic (exact) mass is 349 g/mol. The number of urea groups is 1. The van der Waals surface area contributed by atoms with Crippen LogP contribution >= 0.6 is 11.8 Å². The molecule has 2 fully saturated rings. The molecule has 2 saturated heterocycles. The van der Waals surface area contributed by atoms with E-state index in [9.17, 15) is 14.4 Å². The molecule has 0 saturated carbocycles. The second-order valence-corrected chi connectivity index (χ2v) is 7.98. The van der Waals surface area contributed by atoms with Gasteiger partial charge in [0, 0.05) is 28.7 Å². The number of carbonyl (C=O) groups is 3. The van der Waals surface area contributed by atoms with Gasteiger partial charge in [-0.2, -0.15) is 11.8 Å². The van der Waals surface area contributed by atoms with Crippen molar-refractivity contribution in [3.63, 3.8) is 0 Å². The van der Waals surface area contributed by atoms with Crippen LogP contribution in [0.1, 0.15) is 48.1 Å². The third kappa shape index (κ3) is 2.55. The molecule has 0 bridgehead atoms. The molecule has 3 rings (SSSR count). The Balaban J connectivity index is 1.82. The van der Waals surface area contributed by atoms with Crippen LogP contribution in [0, 0.1) is 13.8 Å². The number of amides is 3. The molecule has 3 amide bonds. The average Bonchev–Trinajstić information content (AvgIpc) is 3.14. The van der Waals surface area contributed by atoms with Gasteiger partial charge in [-0.25, -0.2) is 4.79 Å². The summed E-state index contributed by atoms with van der Waals surface area (Å²) in [5.74, 6) is 0.984. The molecule has 3 heterocycles. The summed E-state index contributed by atoms with van der Waals surface area (Å²) < 4.78 is 2.09. The Hall–Kier alpha value is -1.76. The lowest BCUT2D eigenvalue weighted by Crippen LogP contribution is -2.47. The molecule has 2 aliphatic heterocycles. The number of hydrogen-bond acceptors (Lipinski definition) is 4. The van der Waals surface area contributed by atoms with Crippen LogP contribution in [0.5, 0.6) is 0 Å². The number of imide groups is 1. The number of thioether (sulfide) groups is 1. The van der Waals surface area contributed by atoms with Crippen LogP contribution in [-0.4, -0.2) is 50.8 Å². The number of aryl methyl sites for hydroxylation is 1. The summed E-state index contributed by atoms with van der Waals surface area (Å²) in [6, 6.07) is 1.65. The lowest BCUT2D eigenvalue weighted by Gasteiger charge is -2.19. The Morgan fingerprint density at radius 2 is 2.08 bits per heavy atom. The van der Waals surface area contributed by atoms with Crippen molar-refractivity contribution in [1.29, 1.82) is 0 Å². The highest BCUT2D eigenvalue weighted by atomic mass is 32.2. The van der Waals surface area contributed by atoms with Crippen molar-refractivity contribution >= 4 is 29.5 Å². The first-order valence-corrected chi connectivity index (χ1v) is 9.36. The Morgan fingerprint density at radius 1 is 1.38 bits per heavy atom. The van der Waals surface area contributed by atoms with Gasteiger partial charge in [0.1, 0.15) is 5.54 Å². The molecule has 0 aliphatic carbocycles. The first kappa shape index (κ1) is 17.1. The molecular weight excluding hydrogens is 326 g/mol. The maximum Gasteiger partial charge on any atom is 0.325 e. The van der Waals surface area contributed by atoms with Gasteiger partial charge in [-0.05, 0) is 45.9 Å². The topological polar surface area (TPSA) is 71.4 Å². The summed E-state index contributed by atoms with van der Waals surface area (Å²) >= 11 is 1.65. The van der Waals surface area contributed by atoms with E-state index in [1.54, 1.807) is 11.8 Å². The Labute approximate surface area is 146 Å². The summed E-state index contributed by atoms with van der Waals surface area (Å²) in [6.07, 6.45) is 0.634. The molecule has 6 nitrogen and oxygen atoms in total. The maximum absolute atomic E-state index is 12.7. The van der Waals surface area contributed by atoms with Crippen molar-refractivity contribution < 1.29 is 14.4 Å². The van der Waals surface area contributed by atoms with Crippen LogP contribution in [0.3, 0.4) is 0 Å². The highest BCUT2D eigenvalue weighted by Crippen LogP contribution is 2.33. The summed E-state index contributed by atoms with van der Waals surface area (Å²) in [6.45, 7) is 7.79. The van der Waals surface area contributed by atoms with Gasteiger partial charge in [-0.1, -0.05) is 0 Å². The Bertz CT molecular complexity index is 717. The summed E-state index contributed by atoms with van der Waals surface area (Å²) in [5, 5.41) is 2.79. The van der Waals surface area contributed by atoms with Crippen molar-refractivity contribution in [2.45, 2.75) is 45.7 Å². The summed E-state index contributed by atoms with van der Waals surface area (Å²) in [4.78, 5) is 38.6. The standard InChI is InChI=1S/C17H23N3O3S/c1-10(2)20-11(3)7-13(12(20)4)14(21)8-19-15(22)17(18-16(19)23)5-6-24-9-17/h7,10H,5-6,8-9H2,1-4H3,(H,18,23)/t17-/m1/s1. The number of hydrogen-bond donors (Lipinski definition) is 1. The van der Waals surface area contributed by atoms with E-state index in [0.29, 0.717) is 17.7 Å². The number of nitrogens with one attached hydrogen (secondary N) is 1. The highest BCUT2D eigenvalue weighted by molar-refractivity contribution is 7.99. The van der Waals surface area contributed by atoms with Crippen LogP contribution in [0.2, 0.25) is 0 Å². The zero-order chi connectivity index (χ0) is 17.6. The largest absolute Gasteiger partial charge is 0.346 e. The van der Waals surface area contributed by atoms with E-state index < -0.39 is 11.6 Å². The molecule has 1 atom stereocenters. The quantitative estimate of drug-likeness (QED) is 0.669. The first-order valence-electron chi connectivity index (χ1n) is 8.20. The zero-order valence-electron chi connectivity index (χ0n) is 14.5. The fraction of sp³-hybridized carbons (Fsp3) is 0.588. The minimum Gasteiger partial charge on any atom is -0.346 e. The molecule has 0 radical (unpaired) electrons. The number of nitrogens with zero attached hydrogens (tertiary/aromatic N) is 2. The summed E-state index contributed by atoms with van der Waals surface area (Å²) in [7, 11) is 0. The van der Waals surface area contributed by atoms with Gasteiger partial charge in [0.15, 0.2) is 5.78 Å². The second kappa shape index (κ2) is 5.95. The van der Waals surface area contributed by atoms with E-state index in [1.165, 1.54) is 0 Å². The van der Waals surface area contributed by atoms with Crippen LogP contribution in [0.4, 0.5) is 4.79 Å². The average molecular weight is 349 g/mol. The molecule has 130 valence electrons. The van der Waals surface area contributed by atoms with Crippen molar-refractivity contribution in [2.75, 3.05) is 18.1 Å². The third-order valence-corrected chi connectivity index (χ3v) is 6.06. The second-order valence-electron chi connectivity index (χ2n) is 6.88. The van der Waals surface area contributed by atoms with Crippen LogP contribution in [-0.2, 0) is 4.79 Å². The number of ketones is 1. The van der Waals surface area contributed by atoms with Gasteiger partial charge >= 0.3 is 6.03 Å². The van der Waals surface area contributed by atoms with Gasteiger partial charge < -0.3 is 9.88 Å². The minimum absolute atomic E-state index is 0.193. The summed E-state index contributed by atoms with van der Waals surface area (Å²) in [5.41, 5.74) is 1.68. The van der Waals surface area contributed by atoms with Crippen LogP contribution in [0.15, 0.2) is 6.07 Å². The Kier molecular flexibility index (Phi) is 4.23. The fourth-order valence-electron chi connectivity index (χ4n) is 3.73. The van der Waals surface area contributed by atoms with Crippen molar-refractivity contribution in [3.05, 3.63) is 23.0 Å². The highest BCUT2D eigenvalue weighted by Gasteiger charge is 2.53. The predicted molar refractivity (Wildman–Crippen MR) is 93.5 cm³/mol. The van der Waals surface area contributed by atoms with Crippen LogP contribution in [0.25, 0.3) is 0 Å². The van der Waals surface area contributed by atoms with Crippen LogP contribution < -0.4 is 5.32 Å². The van der Waals surface area contributed by atoms with Crippen molar-refractivity contribution in [3.8, 4) is 0 Å². The maximum atomic E-state index is 12.7. The number of aromatic nitrogens is 1. The van der Waals surface area contributed by atoms with E-state index >= 15 is 0 Å². The van der Waals surface area contributed by atoms with E-state index in [-0.39, 0.29) is 24.3 Å². The molecule has 0 unspecified atom stereocenters. The third-order valence-electron chi connectivity index (χ3n) is 4.87. The molecule has 2 aliphatic rings. The minimum atomic E-state index is -0.795. The predicted octanol–water partition coefficient (Wildman–Crippen LogP) is 2.30. The van der Waals surface area contributed by atoms with Gasteiger partial charge in [-0.3, -0.25) is 14.5 Å². The van der Waals surface area contributed by atoms with E-state index in [4.69, 9.17) is 0 Å². The zero-order valence-corrected chi connectivity index (χ0v) is 15.3. The van der Waals surface area contributed by atoms with Crippen molar-refractivity contribution in [2.24, 2.45) is 0 Å². The smallest absolute Gasteiger partial charge is 0.325 e. The Morgan fingerprint density at radius 3 is 2.62 bits per heavy atom. The number of rotatable bonds is 4. The lowest BCUT2D eigenvalue weighted by molar-refractivity contribution is -0.130. The van der Waals surface area contributed by atoms with Crippen molar-refractivity contribution in [1.82, 2.24) is 14.8 Å². The lowest BCUT2D eigenvalue weighted by atomic mass is 9.99. The van der Waals surface area contributed by atoms with Gasteiger partial charge in [-0.15, -0.1) is 0 Å². The van der Waals surface area contributed by atoms with E-state index in [0.717, 1.165) is 22.0 Å². The molecule has 24 heavy (non-hydrogen) atoms. The van der Waals surface area contributed by atoms with Gasteiger partial charge in [0.05, 0.1) is 6.54 Å². The normalized spacial score (nSPS) is 23.6. The molecule has 1 spiro atoms. The molecule has 1 N–H and O–H groups in total. The molecule has 1 aromatic heterocycles. The van der Waals surface area contributed by atoms with E-state index in [2.05, 4.69) is 23.7 Å². The SMILES string of the molecule is Cc1cc(C(=O)CN2C(=O)N[C@@]3(CCSC3)C2=O)c(C)n1C(C)C. The van der Waals surface area contributed by atoms with Gasteiger partial charge in [0.2, 0.25) is 0 Å². The fourth-order valence-corrected chi connectivity index (χ4v) is 5.06. The molecule has 1 aromatic rings. The number of carbonyl (C=O) groups excluding carboxylic acids is 3. The molecule has 0 aromatic carbocycles. The van der Waals surface area contributed by atoms with Gasteiger partial charge in [0.25, 0.3) is 5.91 Å².